The Hall–Kier alpha value is -0.0800. The van der Waals surface area contributed by atoms with Crippen LogP contribution in [0.4, 0.5) is 0 Å². The molecule has 0 aliphatic rings. The number of aliphatic hydroxyl groups is 1. The molecule has 0 heterocycles. The summed E-state index contributed by atoms with van der Waals surface area (Å²) in [5.74, 6) is -2.32. The smallest absolute Gasteiger partial charge is 0.349 e. The van der Waals surface area contributed by atoms with Gasteiger partial charge in [-0.15, -0.1) is 0 Å². The van der Waals surface area contributed by atoms with Crippen molar-refractivity contribution in [1.82, 2.24) is 0 Å². The molecular weight excluding hydrogens is 524 g/mol. The molecule has 0 aromatic carbocycles. The Morgan fingerprint density at radius 1 is 0.800 bits per heavy atom. The molecule has 1 N–H and O–H groups in total. The molecule has 146 valence electrons. The van der Waals surface area contributed by atoms with Gasteiger partial charge in [0.2, 0.25) is 0 Å². The van der Waals surface area contributed by atoms with Gasteiger partial charge in [0.15, 0.2) is 13.5 Å². The SMILES string of the molecule is CCCCCCOC(=O)C(C(=O)OCCCCCC)=C(O)C(Br)(Br)Br. The largest absolute Gasteiger partial charge is 0.508 e. The number of unbranched alkanes of at least 4 members (excludes halogenated alkanes) is 6. The number of aliphatic hydroxyl groups excluding tert-OH is 1. The highest BCUT2D eigenvalue weighted by atomic mass is 80.0. The van der Waals surface area contributed by atoms with Gasteiger partial charge in [-0.1, -0.05) is 100 Å². The lowest BCUT2D eigenvalue weighted by Gasteiger charge is -2.16. The molecule has 0 saturated carbocycles. The number of ether oxygens (including phenoxy) is 2. The van der Waals surface area contributed by atoms with E-state index in [9.17, 15) is 14.7 Å². The highest BCUT2D eigenvalue weighted by molar-refractivity contribution is 9.39. The molecule has 0 unspecified atom stereocenters. The van der Waals surface area contributed by atoms with Gasteiger partial charge in [0.05, 0.1) is 13.2 Å². The fraction of sp³-hybridized carbons (Fsp3) is 0.765. The number of esters is 2. The molecule has 0 aliphatic heterocycles. The van der Waals surface area contributed by atoms with Gasteiger partial charge in [0.25, 0.3) is 0 Å². The van der Waals surface area contributed by atoms with E-state index in [-0.39, 0.29) is 13.2 Å². The summed E-state index contributed by atoms with van der Waals surface area (Å²) >= 11 is 9.29. The van der Waals surface area contributed by atoms with Crippen molar-refractivity contribution in [3.63, 3.8) is 0 Å². The zero-order chi connectivity index (χ0) is 19.3. The van der Waals surface area contributed by atoms with E-state index in [1.165, 1.54) is 0 Å². The minimum Gasteiger partial charge on any atom is -0.508 e. The van der Waals surface area contributed by atoms with Gasteiger partial charge in [-0.3, -0.25) is 0 Å². The summed E-state index contributed by atoms with van der Waals surface area (Å²) in [7, 11) is 0. The number of hydrogen-bond acceptors (Lipinski definition) is 5. The molecule has 5 nitrogen and oxygen atoms in total. The van der Waals surface area contributed by atoms with E-state index in [1.54, 1.807) is 0 Å². The summed E-state index contributed by atoms with van der Waals surface area (Å²) in [5.41, 5.74) is -0.517. The van der Waals surface area contributed by atoms with Gasteiger partial charge in [-0.25, -0.2) is 9.59 Å². The highest BCUT2D eigenvalue weighted by Crippen LogP contribution is 2.41. The van der Waals surface area contributed by atoms with E-state index in [4.69, 9.17) is 9.47 Å². The summed E-state index contributed by atoms with van der Waals surface area (Å²) in [6, 6.07) is 0. The fourth-order valence-electron chi connectivity index (χ4n) is 1.95. The van der Waals surface area contributed by atoms with E-state index in [0.29, 0.717) is 12.8 Å². The lowest BCUT2D eigenvalue weighted by Crippen LogP contribution is -2.24. The van der Waals surface area contributed by atoms with Crippen LogP contribution in [0.5, 0.6) is 0 Å². The summed E-state index contributed by atoms with van der Waals surface area (Å²) in [4.78, 5) is 24.5. The maximum atomic E-state index is 12.2. The predicted octanol–water partition coefficient (Wildman–Crippen LogP) is 5.88. The van der Waals surface area contributed by atoms with Crippen molar-refractivity contribution in [2.24, 2.45) is 0 Å². The van der Waals surface area contributed by atoms with E-state index in [0.717, 1.165) is 38.5 Å². The number of halogens is 3. The Morgan fingerprint density at radius 3 is 1.52 bits per heavy atom. The lowest BCUT2D eigenvalue weighted by molar-refractivity contribution is -0.147. The molecular formula is C17H27Br3O5. The van der Waals surface area contributed by atoms with Crippen LogP contribution in [0, 0.1) is 0 Å². The third kappa shape index (κ3) is 11.3. The van der Waals surface area contributed by atoms with Crippen molar-refractivity contribution in [3.05, 3.63) is 11.3 Å². The van der Waals surface area contributed by atoms with Crippen LogP contribution in [0.25, 0.3) is 0 Å². The Labute approximate surface area is 175 Å². The molecule has 25 heavy (non-hydrogen) atoms. The molecule has 0 spiro atoms. The molecule has 0 bridgehead atoms. The van der Waals surface area contributed by atoms with Crippen LogP contribution in [0.1, 0.15) is 65.2 Å². The quantitative estimate of drug-likeness (QED) is 0.0624. The Bertz CT molecular complexity index is 416. The second-order valence-electron chi connectivity index (χ2n) is 5.61. The summed E-state index contributed by atoms with van der Waals surface area (Å²) < 4.78 is 8.93. The van der Waals surface area contributed by atoms with E-state index in [1.807, 2.05) is 0 Å². The van der Waals surface area contributed by atoms with Crippen LogP contribution in [0.15, 0.2) is 11.3 Å². The summed E-state index contributed by atoms with van der Waals surface area (Å²) in [6.45, 7) is 4.56. The Morgan fingerprint density at radius 2 is 1.20 bits per heavy atom. The van der Waals surface area contributed by atoms with Crippen molar-refractivity contribution in [2.75, 3.05) is 13.2 Å². The van der Waals surface area contributed by atoms with E-state index < -0.39 is 25.4 Å². The van der Waals surface area contributed by atoms with Crippen LogP contribution in [-0.2, 0) is 19.1 Å². The average molecular weight is 551 g/mol. The number of carbonyl (C=O) groups is 2. The van der Waals surface area contributed by atoms with Crippen LogP contribution in [-0.4, -0.2) is 32.4 Å². The van der Waals surface area contributed by atoms with Crippen molar-refractivity contribution in [1.29, 1.82) is 0 Å². The standard InChI is InChI=1S/C17H27Br3O5/c1-3-5-7-9-11-24-15(22)13(14(21)17(18,19)20)16(23)25-12-10-8-6-4-2/h21H,3-12H2,1-2H3. The molecule has 0 saturated heterocycles. The minimum absolute atomic E-state index is 0.194. The van der Waals surface area contributed by atoms with Gasteiger partial charge in [-0.05, 0) is 12.8 Å². The summed E-state index contributed by atoms with van der Waals surface area (Å²) in [6.07, 6.45) is 7.56. The molecule has 8 heteroatoms. The third-order valence-electron chi connectivity index (χ3n) is 3.38. The molecule has 0 fully saturated rings. The number of hydrogen-bond donors (Lipinski definition) is 1. The van der Waals surface area contributed by atoms with Crippen molar-refractivity contribution < 1.29 is 24.2 Å². The van der Waals surface area contributed by atoms with Crippen molar-refractivity contribution >= 4 is 59.7 Å². The molecule has 0 aromatic rings. The van der Waals surface area contributed by atoms with Crippen molar-refractivity contribution in [2.45, 2.75) is 67.4 Å². The zero-order valence-corrected chi connectivity index (χ0v) is 19.5. The molecule has 0 amide bonds. The number of allylic oxidation sites excluding steroid dienone is 1. The second-order valence-corrected chi connectivity index (χ2v) is 12.4. The van der Waals surface area contributed by atoms with Crippen LogP contribution in [0.3, 0.4) is 0 Å². The van der Waals surface area contributed by atoms with Gasteiger partial charge in [0, 0.05) is 0 Å². The first kappa shape index (κ1) is 24.9. The maximum absolute atomic E-state index is 12.2. The molecule has 0 radical (unpaired) electrons. The molecule has 0 aliphatic carbocycles. The monoisotopic (exact) mass is 548 g/mol. The van der Waals surface area contributed by atoms with E-state index in [2.05, 4.69) is 61.6 Å². The highest BCUT2D eigenvalue weighted by Gasteiger charge is 2.35. The normalized spacial score (nSPS) is 11.1. The van der Waals surface area contributed by atoms with Crippen molar-refractivity contribution in [3.8, 4) is 0 Å². The van der Waals surface area contributed by atoms with Gasteiger partial charge in [-0.2, -0.15) is 0 Å². The Balaban J connectivity index is 4.83. The first-order valence-electron chi connectivity index (χ1n) is 8.60. The number of carbonyl (C=O) groups excluding carboxylic acids is 2. The molecule has 0 aromatic heterocycles. The lowest BCUT2D eigenvalue weighted by atomic mass is 10.2. The first-order valence-corrected chi connectivity index (χ1v) is 11.0. The average Bonchev–Trinajstić information content (AvgIpc) is 2.53. The van der Waals surface area contributed by atoms with Crippen LogP contribution in [0.2, 0.25) is 0 Å². The van der Waals surface area contributed by atoms with Gasteiger partial charge < -0.3 is 14.6 Å². The molecule has 0 atom stereocenters. The number of rotatable bonds is 12. The van der Waals surface area contributed by atoms with Crippen LogP contribution >= 0.6 is 47.8 Å². The molecule has 0 rings (SSSR count). The maximum Gasteiger partial charge on any atom is 0.349 e. The minimum atomic E-state index is -1.30. The van der Waals surface area contributed by atoms with Crippen LogP contribution < -0.4 is 0 Å². The summed E-state index contributed by atoms with van der Waals surface area (Å²) in [5, 5.41) is 10.2. The second kappa shape index (κ2) is 14.0. The third-order valence-corrected chi connectivity index (χ3v) is 4.50. The Kier molecular flexibility index (Phi) is 14.0. The zero-order valence-electron chi connectivity index (χ0n) is 14.8. The predicted molar refractivity (Wildman–Crippen MR) is 109 cm³/mol. The first-order chi connectivity index (χ1) is 11.8. The fourth-order valence-corrected chi connectivity index (χ4v) is 2.54. The number of alkyl halides is 3. The van der Waals surface area contributed by atoms with Gasteiger partial charge in [0.1, 0.15) is 0 Å². The van der Waals surface area contributed by atoms with Gasteiger partial charge >= 0.3 is 11.9 Å². The van der Waals surface area contributed by atoms with E-state index >= 15 is 0 Å². The topological polar surface area (TPSA) is 72.8 Å².